The smallest absolute Gasteiger partial charge is 0.418 e. The van der Waals surface area contributed by atoms with Gasteiger partial charge in [-0.15, -0.1) is 0 Å². The number of halogens is 1. The Morgan fingerprint density at radius 3 is 2.06 bits per heavy atom. The van der Waals surface area contributed by atoms with Crippen LogP contribution in [0, 0.1) is 0 Å². The first-order valence-electron chi connectivity index (χ1n) is 17.8. The molecule has 0 radical (unpaired) electrons. The Kier molecular flexibility index (Phi) is 12.3. The highest BCUT2D eigenvalue weighted by Gasteiger charge is 2.54. The standard InChI is InChI=1S/C41H50ClN3O8/c1-11-31(52-32-21-16-25(39(4,5)12-2)22-28(32)40(6,7)13-3)35(47)43-26-17-20-29(42)30(23-26)44-36(48)33(45-37(49)41(8,9)53-38(45)50)34(46)24-14-18-27(51-10)19-15-24/h14-23,31,33H,11-13H2,1-10H3,(H,43,47)(H,44,48). The van der Waals surface area contributed by atoms with Crippen molar-refractivity contribution >= 4 is 52.6 Å². The van der Waals surface area contributed by atoms with Crippen LogP contribution in [0.2, 0.25) is 5.02 Å². The quantitative estimate of drug-likeness (QED) is 0.117. The van der Waals surface area contributed by atoms with Gasteiger partial charge in [0, 0.05) is 16.8 Å². The number of ketones is 1. The van der Waals surface area contributed by atoms with Crippen LogP contribution < -0.4 is 20.1 Å². The van der Waals surface area contributed by atoms with Gasteiger partial charge in [-0.2, -0.15) is 0 Å². The maximum atomic E-state index is 13.9. The Labute approximate surface area is 316 Å². The van der Waals surface area contributed by atoms with Crippen LogP contribution in [-0.4, -0.2) is 59.4 Å². The first kappa shape index (κ1) is 40.9. The van der Waals surface area contributed by atoms with E-state index in [1.807, 2.05) is 13.0 Å². The molecular weight excluding hydrogens is 698 g/mol. The molecule has 3 aromatic carbocycles. The van der Waals surface area contributed by atoms with Crippen molar-refractivity contribution < 1.29 is 38.2 Å². The fraction of sp³-hybridized carbons (Fsp3) is 0.439. The second kappa shape index (κ2) is 16.0. The molecule has 1 fully saturated rings. The number of carbonyl (C=O) groups is 5. The average Bonchev–Trinajstić information content (AvgIpc) is 3.33. The number of anilines is 2. The molecule has 1 aliphatic heterocycles. The molecule has 0 bridgehead atoms. The minimum absolute atomic E-state index is 0.0244. The van der Waals surface area contributed by atoms with E-state index in [1.54, 1.807) is 6.07 Å². The summed E-state index contributed by atoms with van der Waals surface area (Å²) in [5, 5.41) is 5.50. The van der Waals surface area contributed by atoms with Crippen molar-refractivity contribution in [2.45, 2.75) is 110 Å². The molecule has 2 N–H and O–H groups in total. The van der Waals surface area contributed by atoms with E-state index in [1.165, 1.54) is 62.9 Å². The molecule has 12 heteroatoms. The average molecular weight is 748 g/mol. The van der Waals surface area contributed by atoms with E-state index in [4.69, 9.17) is 25.8 Å². The molecule has 2 atom stereocenters. The molecule has 2 unspecified atom stereocenters. The molecule has 1 aliphatic rings. The van der Waals surface area contributed by atoms with Gasteiger partial charge in [0.25, 0.3) is 17.7 Å². The van der Waals surface area contributed by atoms with Crippen LogP contribution >= 0.6 is 11.6 Å². The second-order valence-electron chi connectivity index (χ2n) is 14.9. The fourth-order valence-electron chi connectivity index (χ4n) is 5.75. The molecular formula is C41H50ClN3O8. The van der Waals surface area contributed by atoms with Gasteiger partial charge in [0.05, 0.1) is 17.8 Å². The summed E-state index contributed by atoms with van der Waals surface area (Å²) >= 11 is 6.48. The number of nitrogens with zero attached hydrogens (tertiary/aromatic N) is 1. The largest absolute Gasteiger partial charge is 0.497 e. The molecule has 0 aliphatic carbocycles. The van der Waals surface area contributed by atoms with Crippen molar-refractivity contribution in [2.75, 3.05) is 17.7 Å². The van der Waals surface area contributed by atoms with Crippen molar-refractivity contribution in [3.05, 3.63) is 82.4 Å². The zero-order valence-electron chi connectivity index (χ0n) is 32.1. The van der Waals surface area contributed by atoms with Gasteiger partial charge >= 0.3 is 6.09 Å². The third-order valence-electron chi connectivity index (χ3n) is 10.1. The number of imide groups is 1. The molecule has 3 aromatic rings. The van der Waals surface area contributed by atoms with E-state index in [2.05, 4.69) is 64.3 Å². The van der Waals surface area contributed by atoms with Gasteiger partial charge in [-0.3, -0.25) is 19.2 Å². The zero-order valence-corrected chi connectivity index (χ0v) is 32.9. The van der Waals surface area contributed by atoms with E-state index in [0.717, 1.165) is 18.4 Å². The number of hydrogen-bond donors (Lipinski definition) is 2. The van der Waals surface area contributed by atoms with Crippen LogP contribution in [0.3, 0.4) is 0 Å². The Balaban J connectivity index is 1.61. The van der Waals surface area contributed by atoms with Crippen molar-refractivity contribution in [2.24, 2.45) is 0 Å². The number of hydrogen-bond acceptors (Lipinski definition) is 8. The summed E-state index contributed by atoms with van der Waals surface area (Å²) in [6.45, 7) is 17.6. The lowest BCUT2D eigenvalue weighted by Crippen LogP contribution is -2.53. The van der Waals surface area contributed by atoms with Gasteiger partial charge in [-0.1, -0.05) is 72.2 Å². The van der Waals surface area contributed by atoms with Gasteiger partial charge < -0.3 is 24.8 Å². The lowest BCUT2D eigenvalue weighted by atomic mass is 9.76. The van der Waals surface area contributed by atoms with Crippen LogP contribution in [0.4, 0.5) is 16.2 Å². The summed E-state index contributed by atoms with van der Waals surface area (Å²) in [6, 6.07) is 14.5. The number of carbonyl (C=O) groups excluding carboxylic acids is 5. The van der Waals surface area contributed by atoms with Crippen LogP contribution in [0.5, 0.6) is 11.5 Å². The fourth-order valence-corrected chi connectivity index (χ4v) is 5.91. The molecule has 1 heterocycles. The SMILES string of the molecule is CCC(Oc1ccc(C(C)(C)CC)cc1C(C)(C)CC)C(=O)Nc1ccc(Cl)c(NC(=O)C(C(=O)c2ccc(OC)cc2)N2C(=O)OC(C)(C)C2=O)c1. The molecule has 0 aromatic heterocycles. The Morgan fingerprint density at radius 2 is 1.51 bits per heavy atom. The monoisotopic (exact) mass is 747 g/mol. The van der Waals surface area contributed by atoms with Gasteiger partial charge in [-0.05, 0) is 98.0 Å². The number of cyclic esters (lactones) is 1. The molecule has 11 nitrogen and oxygen atoms in total. The highest BCUT2D eigenvalue weighted by atomic mass is 35.5. The number of methoxy groups -OCH3 is 1. The summed E-state index contributed by atoms with van der Waals surface area (Å²) in [5.41, 5.74) is 0.709. The van der Waals surface area contributed by atoms with E-state index in [0.29, 0.717) is 22.8 Å². The molecule has 53 heavy (non-hydrogen) atoms. The maximum Gasteiger partial charge on any atom is 0.418 e. The van der Waals surface area contributed by atoms with Gasteiger partial charge in [0.1, 0.15) is 11.5 Å². The normalized spacial score (nSPS) is 15.3. The zero-order chi connectivity index (χ0) is 39.5. The predicted octanol–water partition coefficient (Wildman–Crippen LogP) is 8.47. The molecule has 0 spiro atoms. The lowest BCUT2D eigenvalue weighted by molar-refractivity contribution is -0.137. The first-order valence-corrected chi connectivity index (χ1v) is 18.2. The number of ether oxygens (including phenoxy) is 3. The van der Waals surface area contributed by atoms with Crippen LogP contribution in [-0.2, 0) is 30.0 Å². The summed E-state index contributed by atoms with van der Waals surface area (Å²) in [6.07, 6.45) is 0.182. The van der Waals surface area contributed by atoms with Crippen molar-refractivity contribution in [3.8, 4) is 11.5 Å². The Hall–Kier alpha value is -4.90. The number of rotatable bonds is 15. The van der Waals surface area contributed by atoms with Crippen LogP contribution in [0.1, 0.15) is 103 Å². The number of nitrogens with one attached hydrogen (secondary N) is 2. The first-order chi connectivity index (χ1) is 24.8. The topological polar surface area (TPSA) is 140 Å². The van der Waals surface area contributed by atoms with Crippen LogP contribution in [0.15, 0.2) is 60.7 Å². The molecule has 284 valence electrons. The summed E-state index contributed by atoms with van der Waals surface area (Å²) in [4.78, 5) is 68.0. The number of benzene rings is 3. The van der Waals surface area contributed by atoms with E-state index < -0.39 is 47.3 Å². The molecule has 4 amide bonds. The van der Waals surface area contributed by atoms with Crippen molar-refractivity contribution in [3.63, 3.8) is 0 Å². The van der Waals surface area contributed by atoms with Gasteiger partial charge in [0.15, 0.2) is 23.5 Å². The molecule has 0 saturated carbocycles. The Bertz CT molecular complexity index is 1890. The molecule has 4 rings (SSSR count). The van der Waals surface area contributed by atoms with Crippen molar-refractivity contribution in [1.29, 1.82) is 0 Å². The minimum Gasteiger partial charge on any atom is -0.497 e. The summed E-state index contributed by atoms with van der Waals surface area (Å²) in [5.74, 6) is -2.06. The third kappa shape index (κ3) is 8.84. The summed E-state index contributed by atoms with van der Waals surface area (Å²) < 4.78 is 16.8. The van der Waals surface area contributed by atoms with E-state index in [9.17, 15) is 24.0 Å². The number of Topliss-reactive ketones (excluding diaryl/α,β-unsaturated/α-hetero) is 1. The number of amides is 4. The summed E-state index contributed by atoms with van der Waals surface area (Å²) in [7, 11) is 1.46. The molecule has 1 saturated heterocycles. The highest BCUT2D eigenvalue weighted by Crippen LogP contribution is 2.39. The third-order valence-corrected chi connectivity index (χ3v) is 10.4. The van der Waals surface area contributed by atoms with Gasteiger partial charge in [0.2, 0.25) is 0 Å². The van der Waals surface area contributed by atoms with E-state index >= 15 is 0 Å². The minimum atomic E-state index is -1.94. The second-order valence-corrected chi connectivity index (χ2v) is 15.3. The van der Waals surface area contributed by atoms with Crippen LogP contribution in [0.25, 0.3) is 0 Å². The van der Waals surface area contributed by atoms with E-state index in [-0.39, 0.29) is 32.8 Å². The predicted molar refractivity (Wildman–Crippen MR) is 205 cm³/mol. The van der Waals surface area contributed by atoms with Gasteiger partial charge in [-0.25, -0.2) is 9.69 Å². The Morgan fingerprint density at radius 1 is 0.868 bits per heavy atom. The maximum absolute atomic E-state index is 13.9. The lowest BCUT2D eigenvalue weighted by Gasteiger charge is -2.31. The van der Waals surface area contributed by atoms with Crippen molar-refractivity contribution in [1.82, 2.24) is 4.90 Å². The highest BCUT2D eigenvalue weighted by molar-refractivity contribution is 6.34.